The predicted octanol–water partition coefficient (Wildman–Crippen LogP) is 14.3. The minimum Gasteiger partial charge on any atom is -0.0833 e. The molecule has 9 aromatic rings. The highest BCUT2D eigenvalue weighted by Gasteiger charge is 2.53. The Kier molecular flexibility index (Phi) is 6.12. The zero-order chi connectivity index (χ0) is 35.5. The SMILES string of the molecule is CC1CC=Cc2c(-c3ccc4c5c(c6ccccc6c4c3)-c3ccc(-c4cccc6ccccc46)cc3C53c4ccccc4-c4ccccc43)cccc21. The topological polar surface area (TPSA) is 0 Å². The maximum Gasteiger partial charge on any atom is 0.0731 e. The molecular formula is C54H36. The van der Waals surface area contributed by atoms with Gasteiger partial charge >= 0.3 is 0 Å². The molecule has 0 aliphatic heterocycles. The summed E-state index contributed by atoms with van der Waals surface area (Å²) >= 11 is 0. The maximum absolute atomic E-state index is 2.54. The van der Waals surface area contributed by atoms with Gasteiger partial charge in [-0.1, -0.05) is 177 Å². The lowest BCUT2D eigenvalue weighted by atomic mass is 9.68. The number of benzene rings is 9. The molecule has 0 saturated heterocycles. The van der Waals surface area contributed by atoms with Gasteiger partial charge in [0.15, 0.2) is 0 Å². The van der Waals surface area contributed by atoms with Crippen molar-refractivity contribution in [1.29, 1.82) is 0 Å². The Morgan fingerprint density at radius 1 is 0.444 bits per heavy atom. The summed E-state index contributed by atoms with van der Waals surface area (Å²) in [5.41, 5.74) is 18.3. The minimum absolute atomic E-state index is 0.480. The van der Waals surface area contributed by atoms with Crippen molar-refractivity contribution >= 4 is 38.4 Å². The average molecular weight is 685 g/mol. The van der Waals surface area contributed by atoms with E-state index in [1.807, 2.05) is 0 Å². The predicted molar refractivity (Wildman–Crippen MR) is 228 cm³/mol. The van der Waals surface area contributed by atoms with E-state index in [2.05, 4.69) is 189 Å². The summed E-state index contributed by atoms with van der Waals surface area (Å²) < 4.78 is 0. The van der Waals surface area contributed by atoms with Crippen LogP contribution in [-0.4, -0.2) is 0 Å². The molecule has 0 heteroatoms. The average Bonchev–Trinajstić information content (AvgIpc) is 3.71. The Labute approximate surface area is 315 Å². The van der Waals surface area contributed by atoms with Crippen molar-refractivity contribution in [3.05, 3.63) is 209 Å². The first-order valence-corrected chi connectivity index (χ1v) is 19.3. The van der Waals surface area contributed by atoms with Gasteiger partial charge in [-0.3, -0.25) is 0 Å². The van der Waals surface area contributed by atoms with Crippen LogP contribution >= 0.6 is 0 Å². The molecule has 1 spiro atoms. The van der Waals surface area contributed by atoms with Crippen LogP contribution in [0.2, 0.25) is 0 Å². The molecule has 1 unspecified atom stereocenters. The molecule has 0 amide bonds. The van der Waals surface area contributed by atoms with Crippen LogP contribution in [0.5, 0.6) is 0 Å². The van der Waals surface area contributed by atoms with E-state index >= 15 is 0 Å². The van der Waals surface area contributed by atoms with Crippen LogP contribution in [0.15, 0.2) is 176 Å². The largest absolute Gasteiger partial charge is 0.0833 e. The Morgan fingerprint density at radius 2 is 1.07 bits per heavy atom. The third-order valence-electron chi connectivity index (χ3n) is 12.9. The van der Waals surface area contributed by atoms with Crippen LogP contribution in [0.1, 0.15) is 52.6 Å². The second-order valence-corrected chi connectivity index (χ2v) is 15.5. The second-order valence-electron chi connectivity index (χ2n) is 15.5. The first-order chi connectivity index (χ1) is 26.7. The number of hydrogen-bond donors (Lipinski definition) is 0. The lowest BCUT2D eigenvalue weighted by Crippen LogP contribution is -2.26. The maximum atomic E-state index is 2.54. The second kappa shape index (κ2) is 11.0. The summed E-state index contributed by atoms with van der Waals surface area (Å²) in [4.78, 5) is 0. The van der Waals surface area contributed by atoms with E-state index in [4.69, 9.17) is 0 Å². The van der Waals surface area contributed by atoms with Crippen molar-refractivity contribution in [2.75, 3.05) is 0 Å². The van der Waals surface area contributed by atoms with Crippen molar-refractivity contribution in [2.45, 2.75) is 24.7 Å². The molecule has 252 valence electrons. The molecule has 12 rings (SSSR count). The van der Waals surface area contributed by atoms with E-state index in [1.54, 1.807) is 0 Å². The molecule has 0 aromatic heterocycles. The van der Waals surface area contributed by atoms with E-state index in [0.717, 1.165) is 6.42 Å². The van der Waals surface area contributed by atoms with E-state index in [-0.39, 0.29) is 0 Å². The van der Waals surface area contributed by atoms with E-state index in [1.165, 1.54) is 110 Å². The van der Waals surface area contributed by atoms with Crippen LogP contribution in [0.25, 0.3) is 82.9 Å². The summed E-state index contributed by atoms with van der Waals surface area (Å²) in [6.45, 7) is 2.35. The fourth-order valence-electron chi connectivity index (χ4n) is 10.6. The molecule has 9 aromatic carbocycles. The number of fused-ring (bicyclic) bond motifs is 17. The molecule has 3 aliphatic rings. The molecule has 0 fully saturated rings. The van der Waals surface area contributed by atoms with Gasteiger partial charge < -0.3 is 0 Å². The zero-order valence-electron chi connectivity index (χ0n) is 30.1. The van der Waals surface area contributed by atoms with Crippen LogP contribution in [0.4, 0.5) is 0 Å². The van der Waals surface area contributed by atoms with Crippen LogP contribution < -0.4 is 0 Å². The third-order valence-corrected chi connectivity index (χ3v) is 12.9. The van der Waals surface area contributed by atoms with Crippen molar-refractivity contribution in [1.82, 2.24) is 0 Å². The number of rotatable bonds is 2. The van der Waals surface area contributed by atoms with Gasteiger partial charge in [-0.15, -0.1) is 0 Å². The van der Waals surface area contributed by atoms with Crippen LogP contribution in [-0.2, 0) is 5.41 Å². The lowest BCUT2D eigenvalue weighted by molar-refractivity contribution is 0.772. The van der Waals surface area contributed by atoms with Crippen molar-refractivity contribution < 1.29 is 0 Å². The number of allylic oxidation sites excluding steroid dienone is 1. The van der Waals surface area contributed by atoms with Crippen molar-refractivity contribution in [3.8, 4) is 44.5 Å². The first-order valence-electron chi connectivity index (χ1n) is 19.3. The smallest absolute Gasteiger partial charge is 0.0731 e. The molecule has 1 atom stereocenters. The molecule has 0 heterocycles. The molecule has 0 bridgehead atoms. The fraction of sp³-hybridized carbons (Fsp3) is 0.0741. The van der Waals surface area contributed by atoms with Gasteiger partial charge in [-0.25, -0.2) is 0 Å². The molecule has 0 radical (unpaired) electrons. The summed E-state index contributed by atoms with van der Waals surface area (Å²) in [6.07, 6.45) is 5.79. The number of hydrogen-bond acceptors (Lipinski definition) is 0. The molecule has 0 N–H and O–H groups in total. The van der Waals surface area contributed by atoms with Gasteiger partial charge in [0.1, 0.15) is 0 Å². The van der Waals surface area contributed by atoms with Crippen molar-refractivity contribution in [3.63, 3.8) is 0 Å². The van der Waals surface area contributed by atoms with E-state index in [0.29, 0.717) is 5.92 Å². The quantitative estimate of drug-likeness (QED) is 0.159. The molecule has 0 saturated carbocycles. The van der Waals surface area contributed by atoms with Gasteiger partial charge in [-0.05, 0) is 135 Å². The summed E-state index contributed by atoms with van der Waals surface area (Å²) in [5, 5.41) is 7.82. The third kappa shape index (κ3) is 3.82. The van der Waals surface area contributed by atoms with Crippen molar-refractivity contribution in [2.24, 2.45) is 0 Å². The highest BCUT2D eigenvalue weighted by molar-refractivity contribution is 6.21. The molecule has 54 heavy (non-hydrogen) atoms. The Hall–Kier alpha value is -6.50. The molecule has 3 aliphatic carbocycles. The highest BCUT2D eigenvalue weighted by atomic mass is 14.5. The molecule has 0 nitrogen and oxygen atoms in total. The Bertz CT molecular complexity index is 3050. The summed E-state index contributed by atoms with van der Waals surface area (Å²) in [7, 11) is 0. The monoisotopic (exact) mass is 684 g/mol. The highest BCUT2D eigenvalue weighted by Crippen LogP contribution is 2.66. The van der Waals surface area contributed by atoms with Gasteiger partial charge in [0.05, 0.1) is 5.41 Å². The normalized spacial score (nSPS) is 15.7. The van der Waals surface area contributed by atoms with E-state index < -0.39 is 5.41 Å². The van der Waals surface area contributed by atoms with Gasteiger partial charge in [0.2, 0.25) is 0 Å². The summed E-state index contributed by atoms with van der Waals surface area (Å²) in [6, 6.07) is 64.6. The van der Waals surface area contributed by atoms with Crippen LogP contribution in [0, 0.1) is 0 Å². The Balaban J connectivity index is 1.23. The fourth-order valence-corrected chi connectivity index (χ4v) is 10.6. The summed E-state index contributed by atoms with van der Waals surface area (Å²) in [5.74, 6) is 0.522. The van der Waals surface area contributed by atoms with Gasteiger partial charge in [0.25, 0.3) is 0 Å². The van der Waals surface area contributed by atoms with E-state index in [9.17, 15) is 0 Å². The standard InChI is InChI=1S/C54H36/c1-33-13-10-24-41-37(33)21-12-23-40(41)35-27-29-46-48(31-35)42-17-4-5-20-45(42)52-47-30-28-36(39-22-11-15-34-14-2-3-16-38(34)39)32-51(47)54(53(46)52)49-25-8-6-18-43(49)44-19-7-9-26-50(44)54/h2-12,14-33H,13H2,1H3. The van der Waals surface area contributed by atoms with Gasteiger partial charge in [-0.2, -0.15) is 0 Å². The lowest BCUT2D eigenvalue weighted by Gasteiger charge is -2.32. The molecular weight excluding hydrogens is 649 g/mol. The van der Waals surface area contributed by atoms with Crippen LogP contribution in [0.3, 0.4) is 0 Å². The Morgan fingerprint density at radius 3 is 1.91 bits per heavy atom. The van der Waals surface area contributed by atoms with Gasteiger partial charge in [0, 0.05) is 0 Å². The first kappa shape index (κ1) is 30.0. The minimum atomic E-state index is -0.480. The zero-order valence-corrected chi connectivity index (χ0v) is 30.1.